The third-order valence-corrected chi connectivity index (χ3v) is 3.05. The lowest BCUT2D eigenvalue weighted by Crippen LogP contribution is -2.31. The molecule has 4 N–H and O–H groups in total. The Morgan fingerprint density at radius 1 is 1.39 bits per heavy atom. The quantitative estimate of drug-likeness (QED) is 0.394. The first-order valence-electron chi connectivity index (χ1n) is 6.34. The summed E-state index contributed by atoms with van der Waals surface area (Å²) in [5, 5.41) is 2.83. The van der Waals surface area contributed by atoms with Gasteiger partial charge in [0.2, 0.25) is 5.91 Å². The predicted molar refractivity (Wildman–Crippen MR) is 73.4 cm³/mol. The van der Waals surface area contributed by atoms with Gasteiger partial charge in [0.15, 0.2) is 0 Å². The van der Waals surface area contributed by atoms with Gasteiger partial charge in [0, 0.05) is 5.92 Å². The lowest BCUT2D eigenvalue weighted by atomic mass is 9.89. The molecule has 1 fully saturated rings. The standard InChI is InChI=1S/C13H22N4O/c1-3-12(15-9-10(2)17-14)16-13(18)11-7-5-4-6-8-11/h3,9,11,17H,2,4-8,14H2,1H3,(H,16,18)/b12-3+,15-9-. The number of amides is 1. The zero-order valence-corrected chi connectivity index (χ0v) is 10.9. The summed E-state index contributed by atoms with van der Waals surface area (Å²) < 4.78 is 0. The van der Waals surface area contributed by atoms with Crippen molar-refractivity contribution in [2.45, 2.75) is 39.0 Å². The fourth-order valence-corrected chi connectivity index (χ4v) is 1.96. The Balaban J connectivity index is 2.50. The molecule has 0 heterocycles. The van der Waals surface area contributed by atoms with E-state index in [1.807, 2.05) is 6.92 Å². The van der Waals surface area contributed by atoms with Crippen molar-refractivity contribution in [3.05, 3.63) is 24.2 Å². The van der Waals surface area contributed by atoms with E-state index in [1.54, 1.807) is 6.08 Å². The average molecular weight is 250 g/mol. The summed E-state index contributed by atoms with van der Waals surface area (Å²) in [4.78, 5) is 16.1. The molecule has 0 unspecified atom stereocenters. The van der Waals surface area contributed by atoms with Gasteiger partial charge in [-0.05, 0) is 25.8 Å². The van der Waals surface area contributed by atoms with Crippen LogP contribution in [0.1, 0.15) is 39.0 Å². The molecule has 1 rings (SSSR count). The molecule has 18 heavy (non-hydrogen) atoms. The molecule has 0 atom stereocenters. The number of hydrazine groups is 1. The second-order valence-electron chi connectivity index (χ2n) is 4.43. The number of allylic oxidation sites excluding steroid dienone is 2. The number of hydrogen-bond acceptors (Lipinski definition) is 4. The van der Waals surface area contributed by atoms with E-state index in [9.17, 15) is 4.79 Å². The Morgan fingerprint density at radius 2 is 2.06 bits per heavy atom. The van der Waals surface area contributed by atoms with Gasteiger partial charge in [0.1, 0.15) is 5.82 Å². The van der Waals surface area contributed by atoms with Crippen molar-refractivity contribution in [3.63, 3.8) is 0 Å². The van der Waals surface area contributed by atoms with Crippen LogP contribution < -0.4 is 16.6 Å². The maximum Gasteiger partial charge on any atom is 0.228 e. The van der Waals surface area contributed by atoms with Gasteiger partial charge in [0.05, 0.1) is 11.9 Å². The van der Waals surface area contributed by atoms with Crippen LogP contribution in [-0.4, -0.2) is 12.1 Å². The number of hydrogen-bond donors (Lipinski definition) is 3. The van der Waals surface area contributed by atoms with Crippen molar-refractivity contribution < 1.29 is 4.79 Å². The summed E-state index contributed by atoms with van der Waals surface area (Å²) in [6, 6.07) is 0. The van der Waals surface area contributed by atoms with Gasteiger partial charge in [-0.15, -0.1) is 0 Å². The van der Waals surface area contributed by atoms with Crippen LogP contribution >= 0.6 is 0 Å². The van der Waals surface area contributed by atoms with Crippen molar-refractivity contribution in [2.24, 2.45) is 16.8 Å². The van der Waals surface area contributed by atoms with Crippen molar-refractivity contribution in [1.29, 1.82) is 0 Å². The highest BCUT2D eigenvalue weighted by atomic mass is 16.2. The van der Waals surface area contributed by atoms with E-state index in [2.05, 4.69) is 22.3 Å². The largest absolute Gasteiger partial charge is 0.323 e. The summed E-state index contributed by atoms with van der Waals surface area (Å²) in [5.74, 6) is 5.89. The molecule has 5 heteroatoms. The summed E-state index contributed by atoms with van der Waals surface area (Å²) in [6.45, 7) is 5.45. The van der Waals surface area contributed by atoms with E-state index in [1.165, 1.54) is 12.6 Å². The Kier molecular flexibility index (Phi) is 6.14. The average Bonchev–Trinajstić information content (AvgIpc) is 2.43. The highest BCUT2D eigenvalue weighted by Crippen LogP contribution is 2.23. The van der Waals surface area contributed by atoms with Crippen molar-refractivity contribution >= 4 is 12.1 Å². The van der Waals surface area contributed by atoms with Crippen LogP contribution in [-0.2, 0) is 4.79 Å². The minimum absolute atomic E-state index is 0.0614. The Bertz CT molecular complexity index is 354. The maximum atomic E-state index is 12.0. The monoisotopic (exact) mass is 250 g/mol. The Labute approximate surface area is 108 Å². The van der Waals surface area contributed by atoms with Crippen molar-refractivity contribution in [3.8, 4) is 0 Å². The molecule has 100 valence electrons. The molecule has 1 amide bonds. The first-order chi connectivity index (χ1) is 8.67. The van der Waals surface area contributed by atoms with Crippen LogP contribution in [0.2, 0.25) is 0 Å². The fraction of sp³-hybridized carbons (Fsp3) is 0.538. The predicted octanol–water partition coefficient (Wildman–Crippen LogP) is 1.59. The molecule has 0 bridgehead atoms. The van der Waals surface area contributed by atoms with E-state index in [0.717, 1.165) is 25.7 Å². The minimum Gasteiger partial charge on any atom is -0.323 e. The molecule has 0 spiro atoms. The van der Waals surface area contributed by atoms with Crippen LogP contribution in [0.15, 0.2) is 29.2 Å². The third-order valence-electron chi connectivity index (χ3n) is 3.05. The lowest BCUT2D eigenvalue weighted by molar-refractivity contribution is -0.125. The van der Waals surface area contributed by atoms with Crippen LogP contribution in [0.25, 0.3) is 0 Å². The van der Waals surface area contributed by atoms with Crippen molar-refractivity contribution in [2.75, 3.05) is 0 Å². The van der Waals surface area contributed by atoms with E-state index in [0.29, 0.717) is 11.5 Å². The first kappa shape index (κ1) is 14.4. The number of aliphatic imine (C=N–C) groups is 1. The van der Waals surface area contributed by atoms with Gasteiger partial charge in [0.25, 0.3) is 0 Å². The summed E-state index contributed by atoms with van der Waals surface area (Å²) in [7, 11) is 0. The molecular formula is C13H22N4O. The summed E-state index contributed by atoms with van der Waals surface area (Å²) >= 11 is 0. The smallest absolute Gasteiger partial charge is 0.228 e. The molecule has 0 radical (unpaired) electrons. The number of nitrogens with one attached hydrogen (secondary N) is 2. The fourth-order valence-electron chi connectivity index (χ4n) is 1.96. The van der Waals surface area contributed by atoms with Crippen LogP contribution in [0.5, 0.6) is 0 Å². The van der Waals surface area contributed by atoms with Crippen LogP contribution in [0, 0.1) is 5.92 Å². The first-order valence-corrected chi connectivity index (χ1v) is 6.34. The van der Waals surface area contributed by atoms with Crippen LogP contribution in [0.4, 0.5) is 0 Å². The minimum atomic E-state index is 0.0614. The van der Waals surface area contributed by atoms with E-state index >= 15 is 0 Å². The van der Waals surface area contributed by atoms with E-state index in [4.69, 9.17) is 5.84 Å². The molecular weight excluding hydrogens is 228 g/mol. The number of carbonyl (C=O) groups is 1. The second-order valence-corrected chi connectivity index (χ2v) is 4.43. The van der Waals surface area contributed by atoms with Gasteiger partial charge < -0.3 is 10.7 Å². The van der Waals surface area contributed by atoms with Gasteiger partial charge in [-0.1, -0.05) is 25.8 Å². The number of nitrogens with two attached hydrogens (primary N) is 1. The summed E-state index contributed by atoms with van der Waals surface area (Å²) in [6.07, 6.45) is 8.70. The number of nitrogens with zero attached hydrogens (tertiary/aromatic N) is 1. The Hall–Kier alpha value is -1.62. The van der Waals surface area contributed by atoms with Gasteiger partial charge in [-0.25, -0.2) is 4.99 Å². The highest BCUT2D eigenvalue weighted by molar-refractivity contribution is 5.82. The normalized spacial score (nSPS) is 17.8. The molecule has 0 aromatic rings. The SMILES string of the molecule is C=C(/C=N\C(=C/C)NC(=O)C1CCCCC1)NN. The van der Waals surface area contributed by atoms with Gasteiger partial charge in [-0.2, -0.15) is 0 Å². The zero-order valence-electron chi connectivity index (χ0n) is 10.9. The topological polar surface area (TPSA) is 79.5 Å². The molecule has 0 aromatic heterocycles. The maximum absolute atomic E-state index is 12.0. The lowest BCUT2D eigenvalue weighted by Gasteiger charge is -2.20. The number of rotatable bonds is 5. The highest BCUT2D eigenvalue weighted by Gasteiger charge is 2.21. The molecule has 1 aliphatic carbocycles. The molecule has 5 nitrogen and oxygen atoms in total. The second kappa shape index (κ2) is 7.66. The Morgan fingerprint density at radius 3 is 2.61 bits per heavy atom. The zero-order chi connectivity index (χ0) is 13.4. The van der Waals surface area contributed by atoms with Gasteiger partial charge >= 0.3 is 0 Å². The molecule has 0 saturated heterocycles. The van der Waals surface area contributed by atoms with Crippen LogP contribution in [0.3, 0.4) is 0 Å². The number of carbonyl (C=O) groups excluding carboxylic acids is 1. The van der Waals surface area contributed by atoms with Gasteiger partial charge in [-0.3, -0.25) is 10.6 Å². The van der Waals surface area contributed by atoms with E-state index < -0.39 is 0 Å². The van der Waals surface area contributed by atoms with Crippen molar-refractivity contribution in [1.82, 2.24) is 10.7 Å². The van der Waals surface area contributed by atoms with E-state index in [-0.39, 0.29) is 11.8 Å². The molecule has 0 aliphatic heterocycles. The molecule has 1 saturated carbocycles. The molecule has 1 aliphatic rings. The summed E-state index contributed by atoms with van der Waals surface area (Å²) in [5.41, 5.74) is 2.86. The third kappa shape index (κ3) is 4.71. The molecule has 0 aromatic carbocycles.